The molecule has 1 aliphatic heterocycles. The second-order valence-corrected chi connectivity index (χ2v) is 7.14. The average molecular weight is 381 g/mol. The molecule has 0 unspecified atom stereocenters. The second kappa shape index (κ2) is 8.02. The van der Waals surface area contributed by atoms with Gasteiger partial charge >= 0.3 is 0 Å². The fraction of sp³-hybridized carbons (Fsp3) is 0.450. The second-order valence-electron chi connectivity index (χ2n) is 7.14. The highest BCUT2D eigenvalue weighted by Crippen LogP contribution is 2.23. The van der Waals surface area contributed by atoms with Gasteiger partial charge in [0.25, 0.3) is 5.91 Å². The summed E-state index contributed by atoms with van der Waals surface area (Å²) in [6, 6.07) is 2.98. The summed E-state index contributed by atoms with van der Waals surface area (Å²) in [5, 5.41) is 5.67. The van der Waals surface area contributed by atoms with E-state index in [0.717, 1.165) is 36.2 Å². The number of carbonyl (C=O) groups excluding carboxylic acids is 2. The SMILES string of the molecule is Cc1nc(CNC(=O)[C@H]2OCC(=O)N[C@@H]2c2cccnc2)nc2c1CCCC2. The maximum Gasteiger partial charge on any atom is 0.252 e. The van der Waals surface area contributed by atoms with Gasteiger partial charge in [0.15, 0.2) is 6.10 Å². The van der Waals surface area contributed by atoms with Crippen LogP contribution in [0.15, 0.2) is 24.5 Å². The molecule has 146 valence electrons. The van der Waals surface area contributed by atoms with Gasteiger partial charge in [-0.2, -0.15) is 0 Å². The number of pyridine rings is 1. The first-order valence-electron chi connectivity index (χ1n) is 9.55. The first-order valence-corrected chi connectivity index (χ1v) is 9.55. The van der Waals surface area contributed by atoms with Crippen molar-refractivity contribution in [2.75, 3.05) is 6.61 Å². The van der Waals surface area contributed by atoms with Crippen LogP contribution in [0.25, 0.3) is 0 Å². The molecule has 8 heteroatoms. The van der Waals surface area contributed by atoms with Gasteiger partial charge in [0.1, 0.15) is 12.4 Å². The number of aryl methyl sites for hydroxylation is 2. The van der Waals surface area contributed by atoms with Gasteiger partial charge in [-0.05, 0) is 49.8 Å². The van der Waals surface area contributed by atoms with Crippen LogP contribution in [0.3, 0.4) is 0 Å². The van der Waals surface area contributed by atoms with Crippen LogP contribution in [-0.4, -0.2) is 39.5 Å². The number of aromatic nitrogens is 3. The van der Waals surface area contributed by atoms with Gasteiger partial charge < -0.3 is 15.4 Å². The first kappa shape index (κ1) is 18.5. The Kier molecular flexibility index (Phi) is 5.29. The molecule has 1 fully saturated rings. The highest BCUT2D eigenvalue weighted by atomic mass is 16.5. The Labute approximate surface area is 163 Å². The van der Waals surface area contributed by atoms with Crippen LogP contribution < -0.4 is 10.6 Å². The van der Waals surface area contributed by atoms with Gasteiger partial charge in [-0.25, -0.2) is 9.97 Å². The fourth-order valence-corrected chi connectivity index (χ4v) is 3.79. The number of morpholine rings is 1. The van der Waals surface area contributed by atoms with Gasteiger partial charge in [-0.1, -0.05) is 6.07 Å². The summed E-state index contributed by atoms with van der Waals surface area (Å²) in [4.78, 5) is 37.8. The van der Waals surface area contributed by atoms with Crippen LogP contribution in [0, 0.1) is 6.92 Å². The lowest BCUT2D eigenvalue weighted by Gasteiger charge is -2.31. The van der Waals surface area contributed by atoms with Crippen LogP contribution in [0.5, 0.6) is 0 Å². The zero-order valence-corrected chi connectivity index (χ0v) is 15.8. The molecule has 2 atom stereocenters. The molecule has 0 bridgehead atoms. The summed E-state index contributed by atoms with van der Waals surface area (Å²) in [5.74, 6) is 0.0312. The van der Waals surface area contributed by atoms with E-state index in [1.807, 2.05) is 13.0 Å². The third-order valence-corrected chi connectivity index (χ3v) is 5.17. The maximum atomic E-state index is 12.8. The lowest BCUT2D eigenvalue weighted by atomic mass is 9.95. The summed E-state index contributed by atoms with van der Waals surface area (Å²) < 4.78 is 5.53. The van der Waals surface area contributed by atoms with Gasteiger partial charge in [-0.15, -0.1) is 0 Å². The molecule has 0 spiro atoms. The van der Waals surface area contributed by atoms with Crippen molar-refractivity contribution in [3.63, 3.8) is 0 Å². The highest BCUT2D eigenvalue weighted by molar-refractivity contribution is 5.86. The van der Waals surface area contributed by atoms with E-state index in [9.17, 15) is 9.59 Å². The Morgan fingerprint density at radius 3 is 3.00 bits per heavy atom. The molecule has 3 heterocycles. The topological polar surface area (TPSA) is 106 Å². The molecule has 2 aliphatic rings. The van der Waals surface area contributed by atoms with Crippen molar-refractivity contribution in [2.24, 2.45) is 0 Å². The maximum absolute atomic E-state index is 12.8. The number of fused-ring (bicyclic) bond motifs is 1. The van der Waals surface area contributed by atoms with Crippen LogP contribution in [0.2, 0.25) is 0 Å². The monoisotopic (exact) mass is 381 g/mol. The molecule has 2 aromatic rings. The quantitative estimate of drug-likeness (QED) is 0.816. The molecule has 1 saturated heterocycles. The molecule has 1 aliphatic carbocycles. The fourth-order valence-electron chi connectivity index (χ4n) is 3.79. The Morgan fingerprint density at radius 2 is 2.18 bits per heavy atom. The number of amides is 2. The van der Waals surface area contributed by atoms with E-state index < -0.39 is 12.1 Å². The third kappa shape index (κ3) is 3.87. The van der Waals surface area contributed by atoms with Crippen molar-refractivity contribution >= 4 is 11.8 Å². The molecular weight excluding hydrogens is 358 g/mol. The lowest BCUT2D eigenvalue weighted by molar-refractivity contribution is -0.148. The molecule has 0 aromatic carbocycles. The van der Waals surface area contributed by atoms with Crippen molar-refractivity contribution in [3.05, 3.63) is 52.9 Å². The van der Waals surface area contributed by atoms with Crippen molar-refractivity contribution in [3.8, 4) is 0 Å². The summed E-state index contributed by atoms with van der Waals surface area (Å²) in [7, 11) is 0. The molecule has 4 rings (SSSR count). The summed E-state index contributed by atoms with van der Waals surface area (Å²) in [6.45, 7) is 2.07. The molecular formula is C20H23N5O3. The van der Waals surface area contributed by atoms with Gasteiger partial charge in [0.05, 0.1) is 12.6 Å². The van der Waals surface area contributed by atoms with Crippen LogP contribution in [0.1, 0.15) is 47.2 Å². The van der Waals surface area contributed by atoms with Crippen molar-refractivity contribution in [1.29, 1.82) is 0 Å². The number of ether oxygens (including phenoxy) is 1. The number of hydrogen-bond donors (Lipinski definition) is 2. The summed E-state index contributed by atoms with van der Waals surface area (Å²) in [5.41, 5.74) is 4.05. The largest absolute Gasteiger partial charge is 0.356 e. The Morgan fingerprint density at radius 1 is 1.32 bits per heavy atom. The van der Waals surface area contributed by atoms with Gasteiger partial charge in [0.2, 0.25) is 5.91 Å². The molecule has 2 amide bonds. The number of hydrogen-bond acceptors (Lipinski definition) is 6. The first-order chi connectivity index (χ1) is 13.6. The average Bonchev–Trinajstić information content (AvgIpc) is 2.72. The predicted molar refractivity (Wildman–Crippen MR) is 100 cm³/mol. The van der Waals surface area contributed by atoms with Crippen LogP contribution in [-0.2, 0) is 33.7 Å². The minimum absolute atomic E-state index is 0.150. The Bertz CT molecular complexity index is 887. The Hall–Kier alpha value is -2.87. The zero-order valence-electron chi connectivity index (χ0n) is 15.8. The molecule has 2 N–H and O–H groups in total. The number of rotatable bonds is 4. The summed E-state index contributed by atoms with van der Waals surface area (Å²) >= 11 is 0. The van der Waals surface area contributed by atoms with Crippen molar-refractivity contribution < 1.29 is 14.3 Å². The van der Waals surface area contributed by atoms with E-state index in [4.69, 9.17) is 4.74 Å². The minimum Gasteiger partial charge on any atom is -0.356 e. The number of carbonyl (C=O) groups is 2. The molecule has 0 saturated carbocycles. The smallest absolute Gasteiger partial charge is 0.252 e. The van der Waals surface area contributed by atoms with Crippen LogP contribution in [0.4, 0.5) is 0 Å². The molecule has 8 nitrogen and oxygen atoms in total. The van der Waals surface area contributed by atoms with E-state index in [-0.39, 0.29) is 25.0 Å². The summed E-state index contributed by atoms with van der Waals surface area (Å²) in [6.07, 6.45) is 6.72. The van der Waals surface area contributed by atoms with E-state index >= 15 is 0 Å². The van der Waals surface area contributed by atoms with Crippen LogP contribution >= 0.6 is 0 Å². The zero-order chi connectivity index (χ0) is 19.5. The highest BCUT2D eigenvalue weighted by Gasteiger charge is 2.36. The van der Waals surface area contributed by atoms with Gasteiger partial charge in [-0.3, -0.25) is 14.6 Å². The van der Waals surface area contributed by atoms with Gasteiger partial charge in [0, 0.05) is 23.8 Å². The molecule has 0 radical (unpaired) electrons. The number of nitrogens with one attached hydrogen (secondary N) is 2. The standard InChI is InChI=1S/C20H23N5O3/c1-12-14-6-2-3-7-15(14)24-16(23-12)10-22-20(27)19-18(25-17(26)11-28-19)13-5-4-8-21-9-13/h4-5,8-9,18-19H,2-3,6-7,10-11H2,1H3,(H,22,27)(H,25,26)/t18-,19+/m1/s1. The van der Waals surface area contributed by atoms with E-state index in [0.29, 0.717) is 5.82 Å². The van der Waals surface area contributed by atoms with E-state index in [1.54, 1.807) is 18.5 Å². The lowest BCUT2D eigenvalue weighted by Crippen LogP contribution is -2.52. The van der Waals surface area contributed by atoms with E-state index in [2.05, 4.69) is 25.6 Å². The predicted octanol–water partition coefficient (Wildman–Crippen LogP) is 0.931. The molecule has 28 heavy (non-hydrogen) atoms. The van der Waals surface area contributed by atoms with E-state index in [1.165, 1.54) is 12.0 Å². The number of nitrogens with zero attached hydrogens (tertiary/aromatic N) is 3. The third-order valence-electron chi connectivity index (χ3n) is 5.17. The van der Waals surface area contributed by atoms with Crippen molar-refractivity contribution in [1.82, 2.24) is 25.6 Å². The Balaban J connectivity index is 1.47. The van der Waals surface area contributed by atoms with Crippen molar-refractivity contribution in [2.45, 2.75) is 51.3 Å². The minimum atomic E-state index is -0.833. The molecule has 2 aromatic heterocycles. The normalized spacial score (nSPS) is 21.5.